The van der Waals surface area contributed by atoms with Gasteiger partial charge in [0.15, 0.2) is 5.82 Å². The third-order valence-electron chi connectivity index (χ3n) is 8.81. The maximum atomic E-state index is 15.5. The lowest BCUT2D eigenvalue weighted by Crippen LogP contribution is -2.44. The van der Waals surface area contributed by atoms with Crippen molar-refractivity contribution in [1.29, 1.82) is 0 Å². The summed E-state index contributed by atoms with van der Waals surface area (Å²) in [5, 5.41) is 2.61. The Morgan fingerprint density at radius 2 is 1.61 bits per heavy atom. The topological polar surface area (TPSA) is 206 Å². The Kier molecular flexibility index (Phi) is 12.1. The van der Waals surface area contributed by atoms with E-state index in [1.165, 1.54) is 79.8 Å². The van der Waals surface area contributed by atoms with E-state index in [4.69, 9.17) is 9.47 Å². The molecule has 6 aromatic rings. The molecular weight excluding hydrogens is 791 g/mol. The van der Waals surface area contributed by atoms with Gasteiger partial charge in [0.2, 0.25) is 0 Å². The van der Waals surface area contributed by atoms with Crippen LogP contribution < -0.4 is 21.3 Å². The molecule has 0 spiro atoms. The molecule has 1 atom stereocenters. The fraction of sp³-hybridized carbons (Fsp3) is 0.250. The molecule has 0 aliphatic carbocycles. The van der Waals surface area contributed by atoms with Crippen LogP contribution in [-0.2, 0) is 44.4 Å². The Balaban J connectivity index is 1.20. The van der Waals surface area contributed by atoms with Gasteiger partial charge in [-0.05, 0) is 46.9 Å². The van der Waals surface area contributed by atoms with E-state index in [-0.39, 0.29) is 35.7 Å². The maximum absolute atomic E-state index is 15.5. The lowest BCUT2D eigenvalue weighted by Gasteiger charge is -2.22. The van der Waals surface area contributed by atoms with Crippen molar-refractivity contribution in [1.82, 2.24) is 34.4 Å². The van der Waals surface area contributed by atoms with Crippen LogP contribution >= 0.6 is 0 Å². The molecule has 0 aliphatic heterocycles. The Bertz CT molecular complexity index is 2770. The third kappa shape index (κ3) is 9.53. The number of rotatable bonds is 13. The summed E-state index contributed by atoms with van der Waals surface area (Å²) in [6.45, 7) is 5.61. The molecular formula is C40H38F2N8O8S. The van der Waals surface area contributed by atoms with Crippen molar-refractivity contribution in [2.75, 3.05) is 18.4 Å². The summed E-state index contributed by atoms with van der Waals surface area (Å²) in [6.07, 6.45) is 6.95. The number of fused-ring (bicyclic) bond motifs is 1. The number of sulfonamides is 1. The molecule has 6 rings (SSSR count). The fourth-order valence-corrected chi connectivity index (χ4v) is 6.81. The average Bonchev–Trinajstić information content (AvgIpc) is 3.20. The molecule has 19 heteroatoms. The van der Waals surface area contributed by atoms with Crippen LogP contribution in [-0.4, -0.2) is 69.1 Å². The second-order valence-corrected chi connectivity index (χ2v) is 16.2. The Hall–Kier alpha value is -6.73. The highest BCUT2D eigenvalue weighted by Gasteiger charge is 2.28. The summed E-state index contributed by atoms with van der Waals surface area (Å²) in [7, 11) is -1.44. The number of ether oxygens (including phenoxy) is 2. The van der Waals surface area contributed by atoms with Gasteiger partial charge in [-0.1, -0.05) is 39.0 Å². The van der Waals surface area contributed by atoms with Gasteiger partial charge in [-0.3, -0.25) is 23.9 Å². The van der Waals surface area contributed by atoms with E-state index in [0.717, 1.165) is 4.57 Å². The number of aryl methyl sites for hydroxylation is 1. The van der Waals surface area contributed by atoms with Gasteiger partial charge in [0.25, 0.3) is 21.5 Å². The van der Waals surface area contributed by atoms with Gasteiger partial charge >= 0.3 is 11.7 Å². The van der Waals surface area contributed by atoms with Gasteiger partial charge in [-0.25, -0.2) is 46.3 Å². The van der Waals surface area contributed by atoms with Crippen molar-refractivity contribution < 1.29 is 36.3 Å². The summed E-state index contributed by atoms with van der Waals surface area (Å²) >= 11 is 0. The lowest BCUT2D eigenvalue weighted by molar-refractivity contribution is -0.148. The number of hydrogen-bond acceptors (Lipinski definition) is 12. The minimum atomic E-state index is -4.43. The predicted molar refractivity (Wildman–Crippen MR) is 211 cm³/mol. The number of hydrogen-bond donors (Lipinski definition) is 2. The summed E-state index contributed by atoms with van der Waals surface area (Å²) in [5.74, 6) is -4.21. The quantitative estimate of drug-likeness (QED) is 0.158. The SMILES string of the molecule is COCc1ncc(-c2ccc(S(=O)(=O)Nc3cc(F)c(C(=O)N[C@@H](Cc4ccc(-n5c(=O)c6ccncc6n(C)c5=O)nc4)C(=O)OCC(C)(C)C)cc3F)cc2)cn1. The number of nitrogens with one attached hydrogen (secondary N) is 2. The van der Waals surface area contributed by atoms with Crippen molar-refractivity contribution in [2.45, 2.75) is 44.7 Å². The molecule has 306 valence electrons. The number of benzene rings is 2. The summed E-state index contributed by atoms with van der Waals surface area (Å²) in [5.41, 5.74) is -1.48. The molecule has 2 N–H and O–H groups in total. The van der Waals surface area contributed by atoms with Crippen molar-refractivity contribution in [3.05, 3.63) is 135 Å². The highest BCUT2D eigenvalue weighted by atomic mass is 32.2. The zero-order valence-electron chi connectivity index (χ0n) is 32.4. The number of methoxy groups -OCH3 is 1. The van der Waals surface area contributed by atoms with E-state index in [9.17, 15) is 27.6 Å². The van der Waals surface area contributed by atoms with Crippen LogP contribution in [0.5, 0.6) is 0 Å². The molecule has 0 bridgehead atoms. The third-order valence-corrected chi connectivity index (χ3v) is 10.2. The number of pyridine rings is 2. The Labute approximate surface area is 336 Å². The Morgan fingerprint density at radius 3 is 2.25 bits per heavy atom. The molecule has 0 aliphatic rings. The Morgan fingerprint density at radius 1 is 0.898 bits per heavy atom. The normalized spacial score (nSPS) is 12.3. The van der Waals surface area contributed by atoms with Gasteiger partial charge < -0.3 is 14.8 Å². The van der Waals surface area contributed by atoms with Crippen LogP contribution in [0.2, 0.25) is 0 Å². The number of aromatic nitrogens is 6. The summed E-state index contributed by atoms with van der Waals surface area (Å²) < 4.78 is 71.8. The molecule has 0 saturated carbocycles. The summed E-state index contributed by atoms with van der Waals surface area (Å²) in [4.78, 5) is 69.4. The second kappa shape index (κ2) is 17.0. The first-order valence-electron chi connectivity index (χ1n) is 17.9. The number of carbonyl (C=O) groups is 2. The highest BCUT2D eigenvalue weighted by Crippen LogP contribution is 2.25. The number of esters is 1. The van der Waals surface area contributed by atoms with E-state index in [2.05, 4.69) is 25.3 Å². The van der Waals surface area contributed by atoms with Crippen LogP contribution in [0, 0.1) is 17.0 Å². The van der Waals surface area contributed by atoms with E-state index >= 15 is 8.78 Å². The van der Waals surface area contributed by atoms with Crippen molar-refractivity contribution in [2.24, 2.45) is 12.5 Å². The van der Waals surface area contributed by atoms with E-state index in [1.807, 2.05) is 25.5 Å². The van der Waals surface area contributed by atoms with Crippen LogP contribution in [0.25, 0.3) is 27.8 Å². The van der Waals surface area contributed by atoms with Gasteiger partial charge in [-0.15, -0.1) is 0 Å². The zero-order valence-corrected chi connectivity index (χ0v) is 33.2. The standard InChI is InChI=1S/C40H38F2N8O8S/c1-40(2,3)22-58-38(53)32(14-23-6-11-35(46-17-23)50-37(52)27-12-13-43-20-33(27)49(4)39(50)54)47-36(51)28-15-30(42)31(16-29(28)41)48-59(55,56)26-9-7-24(8-10-26)25-18-44-34(21-57-5)45-19-25/h6-13,15-20,32,48H,14,21-22H2,1-5H3,(H,47,51)/t32-/m0/s1. The van der Waals surface area contributed by atoms with Gasteiger partial charge in [0.1, 0.15) is 30.1 Å². The van der Waals surface area contributed by atoms with E-state index in [1.54, 1.807) is 12.4 Å². The molecule has 16 nitrogen and oxygen atoms in total. The van der Waals surface area contributed by atoms with Gasteiger partial charge in [0, 0.05) is 57.0 Å². The minimum absolute atomic E-state index is 0.0152. The average molecular weight is 829 g/mol. The molecule has 4 aromatic heterocycles. The molecule has 0 radical (unpaired) electrons. The van der Waals surface area contributed by atoms with Crippen LogP contribution in [0.4, 0.5) is 14.5 Å². The first kappa shape index (κ1) is 41.9. The van der Waals surface area contributed by atoms with Gasteiger partial charge in [0.05, 0.1) is 39.9 Å². The summed E-state index contributed by atoms with van der Waals surface area (Å²) in [6, 6.07) is 9.42. The predicted octanol–water partition coefficient (Wildman–Crippen LogP) is 4.09. The smallest absolute Gasteiger partial charge is 0.337 e. The number of carbonyl (C=O) groups excluding carboxylic acids is 2. The fourth-order valence-electron chi connectivity index (χ4n) is 5.76. The molecule has 4 heterocycles. The molecule has 2 aromatic carbocycles. The van der Waals surface area contributed by atoms with Crippen molar-refractivity contribution in [3.63, 3.8) is 0 Å². The van der Waals surface area contributed by atoms with E-state index < -0.39 is 67.5 Å². The largest absolute Gasteiger partial charge is 0.464 e. The molecule has 0 fully saturated rings. The van der Waals surface area contributed by atoms with Crippen LogP contribution in [0.1, 0.15) is 42.5 Å². The number of nitrogens with zero attached hydrogens (tertiary/aromatic N) is 6. The van der Waals surface area contributed by atoms with Crippen molar-refractivity contribution >= 4 is 38.5 Å². The highest BCUT2D eigenvalue weighted by molar-refractivity contribution is 7.92. The maximum Gasteiger partial charge on any atom is 0.337 e. The number of halogens is 2. The molecule has 0 saturated heterocycles. The van der Waals surface area contributed by atoms with Crippen molar-refractivity contribution in [3.8, 4) is 16.9 Å². The molecule has 59 heavy (non-hydrogen) atoms. The number of anilines is 1. The molecule has 1 amide bonds. The zero-order chi connectivity index (χ0) is 42.6. The van der Waals surface area contributed by atoms with Crippen LogP contribution in [0.15, 0.2) is 100 Å². The second-order valence-electron chi connectivity index (χ2n) is 14.6. The first-order chi connectivity index (χ1) is 28.0. The van der Waals surface area contributed by atoms with Gasteiger partial charge in [-0.2, -0.15) is 0 Å². The van der Waals surface area contributed by atoms with E-state index in [0.29, 0.717) is 40.2 Å². The van der Waals surface area contributed by atoms with Crippen LogP contribution in [0.3, 0.4) is 0 Å². The first-order valence-corrected chi connectivity index (χ1v) is 19.3. The minimum Gasteiger partial charge on any atom is -0.464 e. The molecule has 0 unspecified atom stereocenters. The number of amides is 1. The lowest BCUT2D eigenvalue weighted by atomic mass is 9.98. The monoisotopic (exact) mass is 828 g/mol.